The maximum atomic E-state index is 12.8. The largest absolute Gasteiger partial charge is 0.348 e. The first-order valence-electron chi connectivity index (χ1n) is 10.7. The Kier molecular flexibility index (Phi) is 7.74. The first-order valence-corrected chi connectivity index (χ1v) is 11.9. The summed E-state index contributed by atoms with van der Waals surface area (Å²) in [4.78, 5) is 31.7. The van der Waals surface area contributed by atoms with Crippen LogP contribution in [0.5, 0.6) is 0 Å². The summed E-state index contributed by atoms with van der Waals surface area (Å²) >= 11 is 9.45. The van der Waals surface area contributed by atoms with E-state index >= 15 is 0 Å². The van der Waals surface area contributed by atoms with Gasteiger partial charge in [-0.2, -0.15) is 5.10 Å². The molecule has 33 heavy (non-hydrogen) atoms. The summed E-state index contributed by atoms with van der Waals surface area (Å²) in [6, 6.07) is 10.9. The number of hydrogen-bond acceptors (Lipinski definition) is 5. The number of amides is 2. The number of pyridine rings is 1. The number of benzene rings is 1. The number of likely N-dealkylation sites (tertiary alicyclic amines) is 1. The van der Waals surface area contributed by atoms with Gasteiger partial charge in [0.25, 0.3) is 11.8 Å². The molecule has 0 radical (unpaired) electrons. The first kappa shape index (κ1) is 23.4. The molecule has 3 N–H and O–H groups in total. The number of halogens is 2. The molecule has 0 aliphatic carbocycles. The molecule has 4 rings (SSSR count). The number of carbonyl (C=O) groups excluding carboxylic acids is 2. The van der Waals surface area contributed by atoms with Crippen molar-refractivity contribution >= 4 is 45.2 Å². The molecule has 1 fully saturated rings. The van der Waals surface area contributed by atoms with Crippen molar-refractivity contribution in [2.45, 2.75) is 25.3 Å². The third kappa shape index (κ3) is 5.98. The summed E-state index contributed by atoms with van der Waals surface area (Å²) in [6.45, 7) is 2.85. The van der Waals surface area contributed by atoms with Gasteiger partial charge in [-0.25, -0.2) is 0 Å². The van der Waals surface area contributed by atoms with Crippen LogP contribution in [0.25, 0.3) is 0 Å². The Bertz CT molecular complexity index is 1120. The van der Waals surface area contributed by atoms with Gasteiger partial charge in [-0.15, -0.1) is 0 Å². The van der Waals surface area contributed by atoms with Crippen molar-refractivity contribution in [3.8, 4) is 0 Å². The SMILES string of the molecule is O=C(Nc1n[nH]c(C(=O)NC2CCN(CCc3ccncc3)CC2)c1Br)c1ccccc1Cl. The molecule has 0 unspecified atom stereocenters. The van der Waals surface area contributed by atoms with Crippen LogP contribution in [0.2, 0.25) is 5.02 Å². The number of carbonyl (C=O) groups is 2. The maximum Gasteiger partial charge on any atom is 0.270 e. The smallest absolute Gasteiger partial charge is 0.270 e. The normalized spacial score (nSPS) is 14.7. The lowest BCUT2D eigenvalue weighted by Gasteiger charge is -2.32. The van der Waals surface area contributed by atoms with Crippen LogP contribution in [-0.2, 0) is 6.42 Å². The number of H-pyrrole nitrogens is 1. The van der Waals surface area contributed by atoms with Gasteiger partial charge in [0.1, 0.15) is 5.69 Å². The van der Waals surface area contributed by atoms with Crippen molar-refractivity contribution in [1.29, 1.82) is 0 Å². The predicted octanol–water partition coefficient (Wildman–Crippen LogP) is 3.91. The number of nitrogens with zero attached hydrogens (tertiary/aromatic N) is 3. The minimum atomic E-state index is -0.404. The third-order valence-corrected chi connectivity index (χ3v) is 6.77. The van der Waals surface area contributed by atoms with Crippen LogP contribution in [-0.4, -0.2) is 57.6 Å². The molecule has 0 saturated carbocycles. The summed E-state index contributed by atoms with van der Waals surface area (Å²) in [5.74, 6) is -0.433. The minimum Gasteiger partial charge on any atom is -0.348 e. The lowest BCUT2D eigenvalue weighted by Crippen LogP contribution is -2.45. The van der Waals surface area contributed by atoms with Crippen LogP contribution in [0.15, 0.2) is 53.3 Å². The summed E-state index contributed by atoms with van der Waals surface area (Å²) in [5.41, 5.74) is 1.88. The van der Waals surface area contributed by atoms with Crippen LogP contribution < -0.4 is 10.6 Å². The molecule has 3 aromatic rings. The van der Waals surface area contributed by atoms with Gasteiger partial charge < -0.3 is 15.5 Å². The zero-order chi connectivity index (χ0) is 23.2. The van der Waals surface area contributed by atoms with Crippen LogP contribution >= 0.6 is 27.5 Å². The van der Waals surface area contributed by atoms with Crippen molar-refractivity contribution in [2.24, 2.45) is 0 Å². The predicted molar refractivity (Wildman–Crippen MR) is 131 cm³/mol. The van der Waals surface area contributed by atoms with Gasteiger partial charge in [-0.05, 0) is 65.0 Å². The summed E-state index contributed by atoms with van der Waals surface area (Å²) in [7, 11) is 0. The van der Waals surface area contributed by atoms with Gasteiger partial charge >= 0.3 is 0 Å². The lowest BCUT2D eigenvalue weighted by molar-refractivity contribution is 0.0905. The highest BCUT2D eigenvalue weighted by molar-refractivity contribution is 9.10. The average molecular weight is 532 g/mol. The van der Waals surface area contributed by atoms with Gasteiger partial charge in [0.15, 0.2) is 5.82 Å². The number of nitrogens with one attached hydrogen (secondary N) is 3. The average Bonchev–Trinajstić information content (AvgIpc) is 3.19. The Morgan fingerprint density at radius 3 is 2.58 bits per heavy atom. The zero-order valence-corrected chi connectivity index (χ0v) is 20.2. The fourth-order valence-corrected chi connectivity index (χ4v) is 4.46. The molecule has 0 atom stereocenters. The molecule has 3 heterocycles. The summed E-state index contributed by atoms with van der Waals surface area (Å²) in [6.07, 6.45) is 6.38. The number of piperidine rings is 1. The molecule has 2 aromatic heterocycles. The van der Waals surface area contributed by atoms with E-state index in [1.54, 1.807) is 24.3 Å². The number of aromatic amines is 1. The standard InChI is InChI=1S/C23H24BrClN6O2/c24-19-20(29-30-21(19)28-22(32)17-3-1-2-4-18(17)25)23(33)27-16-8-13-31(14-9-16)12-7-15-5-10-26-11-6-15/h1-6,10-11,16H,7-9,12-14H2,(H,27,33)(H2,28,29,30,32). The highest BCUT2D eigenvalue weighted by Gasteiger charge is 2.24. The number of rotatable bonds is 7. The van der Waals surface area contributed by atoms with E-state index in [1.807, 2.05) is 24.5 Å². The molecule has 10 heteroatoms. The van der Waals surface area contributed by atoms with E-state index in [-0.39, 0.29) is 23.5 Å². The Balaban J connectivity index is 1.27. The second kappa shape index (κ2) is 10.9. The molecule has 0 bridgehead atoms. The van der Waals surface area contributed by atoms with Crippen molar-refractivity contribution in [3.05, 3.63) is 75.1 Å². The highest BCUT2D eigenvalue weighted by Crippen LogP contribution is 2.25. The van der Waals surface area contributed by atoms with Gasteiger partial charge in [-0.3, -0.25) is 19.7 Å². The van der Waals surface area contributed by atoms with Gasteiger partial charge in [0, 0.05) is 38.1 Å². The van der Waals surface area contributed by atoms with Gasteiger partial charge in [0.2, 0.25) is 0 Å². The van der Waals surface area contributed by atoms with Gasteiger partial charge in [0.05, 0.1) is 15.1 Å². The molecule has 1 aliphatic rings. The van der Waals surface area contributed by atoms with Crippen molar-refractivity contribution in [3.63, 3.8) is 0 Å². The van der Waals surface area contributed by atoms with Gasteiger partial charge in [-0.1, -0.05) is 23.7 Å². The number of hydrogen-bond donors (Lipinski definition) is 3. The minimum absolute atomic E-state index is 0.0889. The second-order valence-corrected chi connectivity index (χ2v) is 9.09. The van der Waals surface area contributed by atoms with E-state index in [0.717, 1.165) is 38.9 Å². The molecule has 8 nitrogen and oxygen atoms in total. The lowest BCUT2D eigenvalue weighted by atomic mass is 10.0. The van der Waals surface area contributed by atoms with Crippen molar-refractivity contribution in [1.82, 2.24) is 25.4 Å². The number of aromatic nitrogens is 3. The number of anilines is 1. The fraction of sp³-hybridized carbons (Fsp3) is 0.304. The Hall–Kier alpha value is -2.75. The van der Waals surface area contributed by atoms with Crippen LogP contribution in [0.4, 0.5) is 5.82 Å². The van der Waals surface area contributed by atoms with E-state index in [2.05, 4.69) is 46.6 Å². The quantitative estimate of drug-likeness (QED) is 0.429. The Morgan fingerprint density at radius 2 is 1.85 bits per heavy atom. The van der Waals surface area contributed by atoms with E-state index < -0.39 is 5.91 Å². The molecule has 1 aliphatic heterocycles. The summed E-state index contributed by atoms with van der Waals surface area (Å²) in [5, 5.41) is 12.9. The van der Waals surface area contributed by atoms with Crippen LogP contribution in [0, 0.1) is 0 Å². The van der Waals surface area contributed by atoms with Crippen molar-refractivity contribution in [2.75, 3.05) is 25.0 Å². The Morgan fingerprint density at radius 1 is 1.12 bits per heavy atom. The topological polar surface area (TPSA) is 103 Å². The molecule has 1 saturated heterocycles. The monoisotopic (exact) mass is 530 g/mol. The van der Waals surface area contributed by atoms with Crippen molar-refractivity contribution < 1.29 is 9.59 Å². The fourth-order valence-electron chi connectivity index (χ4n) is 3.78. The first-order chi connectivity index (χ1) is 16.0. The molecule has 2 amide bonds. The van der Waals surface area contributed by atoms with E-state index in [4.69, 9.17) is 11.6 Å². The summed E-state index contributed by atoms with van der Waals surface area (Å²) < 4.78 is 0.398. The second-order valence-electron chi connectivity index (χ2n) is 7.89. The molecule has 172 valence electrons. The molecule has 0 spiro atoms. The van der Waals surface area contributed by atoms with E-state index in [0.29, 0.717) is 15.1 Å². The van der Waals surface area contributed by atoms with E-state index in [9.17, 15) is 9.59 Å². The zero-order valence-electron chi connectivity index (χ0n) is 17.9. The third-order valence-electron chi connectivity index (χ3n) is 5.67. The van der Waals surface area contributed by atoms with Crippen LogP contribution in [0.1, 0.15) is 39.3 Å². The van der Waals surface area contributed by atoms with Crippen LogP contribution in [0.3, 0.4) is 0 Å². The Labute approximate surface area is 205 Å². The molecular formula is C23H24BrClN6O2. The molecular weight excluding hydrogens is 508 g/mol. The maximum absolute atomic E-state index is 12.8. The molecule has 1 aromatic carbocycles. The van der Waals surface area contributed by atoms with E-state index in [1.165, 1.54) is 5.56 Å². The highest BCUT2D eigenvalue weighted by atomic mass is 79.9.